The predicted octanol–water partition coefficient (Wildman–Crippen LogP) is 6.64. The van der Waals surface area contributed by atoms with E-state index < -0.39 is 0 Å². The third-order valence-electron chi connectivity index (χ3n) is 5.04. The van der Waals surface area contributed by atoms with E-state index in [0.717, 1.165) is 29.7 Å². The summed E-state index contributed by atoms with van der Waals surface area (Å²) in [6.07, 6.45) is 13.5. The molecule has 0 unspecified atom stereocenters. The zero-order valence-electron chi connectivity index (χ0n) is 18.3. The molecule has 0 bridgehead atoms. The molecular formula is C26H36N2O2. The van der Waals surface area contributed by atoms with Crippen LogP contribution in [0, 0.1) is 0 Å². The van der Waals surface area contributed by atoms with E-state index in [2.05, 4.69) is 17.5 Å². The summed E-state index contributed by atoms with van der Waals surface area (Å²) < 4.78 is 5.77. The van der Waals surface area contributed by atoms with E-state index in [4.69, 9.17) is 4.74 Å². The summed E-state index contributed by atoms with van der Waals surface area (Å²) in [7, 11) is 0. The van der Waals surface area contributed by atoms with Gasteiger partial charge in [-0.15, -0.1) is 0 Å². The lowest BCUT2D eigenvalue weighted by Crippen LogP contribution is -2.16. The van der Waals surface area contributed by atoms with Crippen LogP contribution in [-0.4, -0.2) is 12.1 Å². The lowest BCUT2D eigenvalue weighted by atomic mass is 10.1. The van der Waals surface area contributed by atoms with Crippen molar-refractivity contribution in [1.29, 1.82) is 0 Å². The molecule has 2 rings (SSSR count). The van der Waals surface area contributed by atoms with Crippen LogP contribution in [0.4, 0.5) is 0 Å². The molecule has 4 nitrogen and oxygen atoms in total. The van der Waals surface area contributed by atoms with E-state index in [0.29, 0.717) is 13.0 Å². The molecule has 1 amide bonds. The summed E-state index contributed by atoms with van der Waals surface area (Å²) in [6.45, 7) is 2.79. The van der Waals surface area contributed by atoms with Gasteiger partial charge in [-0.1, -0.05) is 88.6 Å². The van der Waals surface area contributed by atoms with Crippen LogP contribution < -0.4 is 10.2 Å². The highest BCUT2D eigenvalue weighted by Crippen LogP contribution is 2.13. The number of rotatable bonds is 15. The minimum Gasteiger partial charge on any atom is -0.489 e. The second kappa shape index (κ2) is 15.3. The van der Waals surface area contributed by atoms with Crippen LogP contribution in [0.2, 0.25) is 0 Å². The van der Waals surface area contributed by atoms with Crippen molar-refractivity contribution in [2.45, 2.75) is 77.7 Å². The zero-order valence-corrected chi connectivity index (χ0v) is 18.3. The summed E-state index contributed by atoms with van der Waals surface area (Å²) in [5.74, 6) is 0.794. The van der Waals surface area contributed by atoms with Gasteiger partial charge in [0.15, 0.2) is 0 Å². The zero-order chi connectivity index (χ0) is 21.3. The molecule has 0 saturated carbocycles. The number of benzene rings is 2. The molecule has 0 heterocycles. The van der Waals surface area contributed by atoms with Crippen molar-refractivity contribution in [1.82, 2.24) is 5.43 Å². The highest BCUT2D eigenvalue weighted by Gasteiger charge is 2.00. The van der Waals surface area contributed by atoms with E-state index in [1.165, 1.54) is 44.9 Å². The standard InChI is InChI=1S/C26H36N2O2/c1-2-3-4-5-6-7-8-9-13-16-26(29)28-27-21-23-17-19-25(20-18-23)30-22-24-14-11-10-12-15-24/h10-12,14-15,17-21H,2-9,13,16,22H2,1H3,(H,28,29)/b27-21+. The Morgan fingerprint density at radius 3 is 2.17 bits per heavy atom. The van der Waals surface area contributed by atoms with Crippen LogP contribution in [0.15, 0.2) is 59.7 Å². The Kier molecular flexibility index (Phi) is 12.0. The molecule has 0 aliphatic heterocycles. The number of carbonyl (C=O) groups is 1. The Balaban J connectivity index is 1.54. The number of nitrogens with one attached hydrogen (secondary N) is 1. The smallest absolute Gasteiger partial charge is 0.240 e. The Morgan fingerprint density at radius 2 is 1.50 bits per heavy atom. The van der Waals surface area contributed by atoms with Crippen molar-refractivity contribution >= 4 is 12.1 Å². The van der Waals surface area contributed by atoms with Gasteiger partial charge in [-0.25, -0.2) is 5.43 Å². The fraction of sp³-hybridized carbons (Fsp3) is 0.462. The van der Waals surface area contributed by atoms with Crippen LogP contribution in [-0.2, 0) is 11.4 Å². The molecule has 0 aromatic heterocycles. The maximum Gasteiger partial charge on any atom is 0.240 e. The van der Waals surface area contributed by atoms with Gasteiger partial charge in [-0.2, -0.15) is 5.10 Å². The molecule has 2 aromatic rings. The molecule has 162 valence electrons. The second-order valence-electron chi connectivity index (χ2n) is 7.71. The summed E-state index contributed by atoms with van der Waals surface area (Å²) >= 11 is 0. The lowest BCUT2D eigenvalue weighted by Gasteiger charge is -2.06. The maximum atomic E-state index is 11.9. The molecule has 0 aliphatic rings. The lowest BCUT2D eigenvalue weighted by molar-refractivity contribution is -0.121. The SMILES string of the molecule is CCCCCCCCCCCC(=O)N/N=C/c1ccc(OCc2ccccc2)cc1. The molecule has 30 heavy (non-hydrogen) atoms. The molecule has 0 atom stereocenters. The molecule has 0 aliphatic carbocycles. The van der Waals surface area contributed by atoms with Crippen LogP contribution in [0.1, 0.15) is 82.3 Å². The highest BCUT2D eigenvalue weighted by atomic mass is 16.5. The minimum atomic E-state index is -0.0167. The van der Waals surface area contributed by atoms with E-state index in [1.54, 1.807) is 6.21 Å². The van der Waals surface area contributed by atoms with Crippen LogP contribution in [0.5, 0.6) is 5.75 Å². The Labute approximate surface area is 181 Å². The third-order valence-corrected chi connectivity index (χ3v) is 5.04. The van der Waals surface area contributed by atoms with Gasteiger partial charge in [-0.3, -0.25) is 4.79 Å². The number of nitrogens with zero attached hydrogens (tertiary/aromatic N) is 1. The van der Waals surface area contributed by atoms with Gasteiger partial charge in [-0.05, 0) is 41.8 Å². The fourth-order valence-corrected chi connectivity index (χ4v) is 3.22. The van der Waals surface area contributed by atoms with Crippen molar-refractivity contribution in [3.63, 3.8) is 0 Å². The van der Waals surface area contributed by atoms with Gasteiger partial charge >= 0.3 is 0 Å². The van der Waals surface area contributed by atoms with Crippen LogP contribution in [0.25, 0.3) is 0 Å². The third kappa shape index (κ3) is 10.8. The molecule has 0 saturated heterocycles. The van der Waals surface area contributed by atoms with Crippen LogP contribution >= 0.6 is 0 Å². The Hall–Kier alpha value is -2.62. The average Bonchev–Trinajstić information content (AvgIpc) is 2.78. The largest absolute Gasteiger partial charge is 0.489 e. The fourth-order valence-electron chi connectivity index (χ4n) is 3.22. The van der Waals surface area contributed by atoms with Crippen molar-refractivity contribution in [3.8, 4) is 5.75 Å². The summed E-state index contributed by atoms with van der Waals surface area (Å²) in [5.41, 5.74) is 4.68. The average molecular weight is 409 g/mol. The second-order valence-corrected chi connectivity index (χ2v) is 7.71. The highest BCUT2D eigenvalue weighted by molar-refractivity contribution is 5.82. The first-order valence-electron chi connectivity index (χ1n) is 11.4. The van der Waals surface area contributed by atoms with E-state index in [-0.39, 0.29) is 5.91 Å². The van der Waals surface area contributed by atoms with Crippen molar-refractivity contribution in [3.05, 3.63) is 65.7 Å². The number of ether oxygens (including phenoxy) is 1. The number of hydrazone groups is 1. The molecule has 2 aromatic carbocycles. The summed E-state index contributed by atoms with van der Waals surface area (Å²) in [6, 6.07) is 17.8. The number of amides is 1. The van der Waals surface area contributed by atoms with Gasteiger partial charge < -0.3 is 4.74 Å². The van der Waals surface area contributed by atoms with Crippen molar-refractivity contribution in [2.75, 3.05) is 0 Å². The molecule has 4 heteroatoms. The normalized spacial score (nSPS) is 11.0. The quantitative estimate of drug-likeness (QED) is 0.204. The van der Waals surface area contributed by atoms with Crippen molar-refractivity contribution in [2.24, 2.45) is 5.10 Å². The summed E-state index contributed by atoms with van der Waals surface area (Å²) in [5, 5.41) is 4.06. The van der Waals surface area contributed by atoms with Crippen molar-refractivity contribution < 1.29 is 9.53 Å². The topological polar surface area (TPSA) is 50.7 Å². The first kappa shape index (κ1) is 23.7. The molecule has 0 radical (unpaired) electrons. The first-order valence-corrected chi connectivity index (χ1v) is 11.4. The van der Waals surface area contributed by atoms with E-state index in [1.807, 2.05) is 54.6 Å². The van der Waals surface area contributed by atoms with Gasteiger partial charge in [0.2, 0.25) is 5.91 Å². The Bertz CT molecular complexity index is 726. The van der Waals surface area contributed by atoms with Gasteiger partial charge in [0.05, 0.1) is 6.21 Å². The van der Waals surface area contributed by atoms with Crippen LogP contribution in [0.3, 0.4) is 0 Å². The molecular weight excluding hydrogens is 372 g/mol. The number of hydrogen-bond donors (Lipinski definition) is 1. The maximum absolute atomic E-state index is 11.9. The Morgan fingerprint density at radius 1 is 0.867 bits per heavy atom. The molecule has 0 spiro atoms. The number of hydrogen-bond acceptors (Lipinski definition) is 3. The predicted molar refractivity (Wildman–Crippen MR) is 125 cm³/mol. The number of carbonyl (C=O) groups excluding carboxylic acids is 1. The minimum absolute atomic E-state index is 0.0167. The van der Waals surface area contributed by atoms with Gasteiger partial charge in [0, 0.05) is 6.42 Å². The monoisotopic (exact) mass is 408 g/mol. The summed E-state index contributed by atoms with van der Waals surface area (Å²) in [4.78, 5) is 11.9. The number of unbranched alkanes of at least 4 members (excludes halogenated alkanes) is 8. The molecule has 1 N–H and O–H groups in total. The van der Waals surface area contributed by atoms with Gasteiger partial charge in [0.1, 0.15) is 12.4 Å². The molecule has 0 fully saturated rings. The van der Waals surface area contributed by atoms with E-state index in [9.17, 15) is 4.79 Å². The van der Waals surface area contributed by atoms with E-state index >= 15 is 0 Å². The van der Waals surface area contributed by atoms with Gasteiger partial charge in [0.25, 0.3) is 0 Å². The first-order chi connectivity index (χ1) is 14.8.